The van der Waals surface area contributed by atoms with Crippen molar-refractivity contribution in [1.82, 2.24) is 5.32 Å². The number of nitriles is 3. The number of aliphatic hydroxyl groups is 1. The number of nitrogens with zero attached hydrogens (tertiary/aromatic N) is 3. The smallest absolute Gasteiger partial charge is 0.245 e. The van der Waals surface area contributed by atoms with Crippen LogP contribution < -0.4 is 5.32 Å². The maximum atomic E-state index is 12.7. The zero-order valence-corrected chi connectivity index (χ0v) is 13.3. The van der Waals surface area contributed by atoms with E-state index in [4.69, 9.17) is 0 Å². The van der Waals surface area contributed by atoms with E-state index in [2.05, 4.69) is 5.32 Å². The second kappa shape index (κ2) is 4.81. The number of hydrogen-bond acceptors (Lipinski definition) is 5. The lowest BCUT2D eigenvalue weighted by Gasteiger charge is -2.51. The molecule has 1 heterocycles. The van der Waals surface area contributed by atoms with Crippen LogP contribution in [0.1, 0.15) is 25.3 Å². The molecule has 0 radical (unpaired) electrons. The van der Waals surface area contributed by atoms with E-state index in [0.717, 1.165) is 0 Å². The van der Waals surface area contributed by atoms with Crippen LogP contribution in [0, 0.1) is 56.7 Å². The number of benzene rings is 1. The molecule has 120 valence electrons. The fourth-order valence-electron chi connectivity index (χ4n) is 4.59. The van der Waals surface area contributed by atoms with Crippen LogP contribution in [0.5, 0.6) is 0 Å². The molecule has 2 N–H and O–H groups in total. The van der Waals surface area contributed by atoms with Crippen molar-refractivity contribution in [1.29, 1.82) is 15.8 Å². The molecule has 6 nitrogen and oxygen atoms in total. The van der Waals surface area contributed by atoms with Crippen molar-refractivity contribution in [3.05, 3.63) is 35.9 Å². The minimum absolute atomic E-state index is 0.623. The molecular weight excluding hydrogens is 304 g/mol. The Morgan fingerprint density at radius 1 is 1.08 bits per heavy atom. The standard InChI is InChI=1S/C18H16N4O2/c1-11-14(13-6-4-3-5-7-13)16(8-19,9-20)17(10-21)12(2)18(11,24)22-15(17)23/h3-7,11-12,14,24H,1-2H3,(H,22,23). The van der Waals surface area contributed by atoms with E-state index >= 15 is 0 Å². The summed E-state index contributed by atoms with van der Waals surface area (Å²) >= 11 is 0. The van der Waals surface area contributed by atoms with Gasteiger partial charge in [0.25, 0.3) is 0 Å². The van der Waals surface area contributed by atoms with Gasteiger partial charge in [0.2, 0.25) is 5.91 Å². The summed E-state index contributed by atoms with van der Waals surface area (Å²) in [5.41, 5.74) is -4.83. The van der Waals surface area contributed by atoms with Gasteiger partial charge in [-0.05, 0) is 5.56 Å². The van der Waals surface area contributed by atoms with E-state index in [1.54, 1.807) is 44.2 Å². The van der Waals surface area contributed by atoms with Gasteiger partial charge in [0.05, 0.1) is 18.2 Å². The van der Waals surface area contributed by atoms with Gasteiger partial charge in [-0.25, -0.2) is 0 Å². The second-order valence-electron chi connectivity index (χ2n) is 6.63. The SMILES string of the molecule is CC1C(c2ccccc2)C(C#N)(C#N)C2(C#N)C(=O)NC1(O)C2C. The zero-order valence-electron chi connectivity index (χ0n) is 13.3. The summed E-state index contributed by atoms with van der Waals surface area (Å²) < 4.78 is 0. The number of amides is 1. The predicted octanol–water partition coefficient (Wildman–Crippen LogP) is 1.42. The quantitative estimate of drug-likeness (QED) is 0.810. The van der Waals surface area contributed by atoms with Gasteiger partial charge < -0.3 is 10.4 Å². The topological polar surface area (TPSA) is 121 Å². The third kappa shape index (κ3) is 1.44. The minimum atomic E-state index is -1.93. The molecule has 2 fully saturated rings. The monoisotopic (exact) mass is 320 g/mol. The summed E-state index contributed by atoms with van der Waals surface area (Å²) in [6.45, 7) is 3.24. The second-order valence-corrected chi connectivity index (χ2v) is 6.63. The first-order chi connectivity index (χ1) is 11.4. The molecule has 1 saturated heterocycles. The molecule has 24 heavy (non-hydrogen) atoms. The molecule has 1 aromatic rings. The number of nitrogens with one attached hydrogen (secondary N) is 1. The van der Waals surface area contributed by atoms with Gasteiger partial charge in [-0.15, -0.1) is 0 Å². The Balaban J connectivity index is 2.40. The molecule has 5 unspecified atom stereocenters. The molecule has 1 aromatic carbocycles. The Bertz CT molecular complexity index is 817. The van der Waals surface area contributed by atoms with Gasteiger partial charge in [0, 0.05) is 17.8 Å². The van der Waals surface area contributed by atoms with Crippen molar-refractivity contribution in [2.75, 3.05) is 0 Å². The van der Waals surface area contributed by atoms with Gasteiger partial charge in [0.1, 0.15) is 5.72 Å². The summed E-state index contributed by atoms with van der Waals surface area (Å²) in [4.78, 5) is 12.7. The normalized spacial score (nSPS) is 39.2. The molecule has 5 atom stereocenters. The van der Waals surface area contributed by atoms with Crippen molar-refractivity contribution in [2.24, 2.45) is 22.7 Å². The van der Waals surface area contributed by atoms with Crippen molar-refractivity contribution in [3.8, 4) is 18.2 Å². The number of hydrogen-bond donors (Lipinski definition) is 2. The Kier molecular flexibility index (Phi) is 3.20. The molecule has 1 aliphatic carbocycles. The lowest BCUT2D eigenvalue weighted by Crippen LogP contribution is -2.62. The van der Waals surface area contributed by atoms with Gasteiger partial charge in [-0.2, -0.15) is 15.8 Å². The highest BCUT2D eigenvalue weighted by Gasteiger charge is 2.79. The summed E-state index contributed by atoms with van der Waals surface area (Å²) in [6.07, 6.45) is 0. The summed E-state index contributed by atoms with van der Waals surface area (Å²) in [6, 6.07) is 14.7. The van der Waals surface area contributed by atoms with E-state index in [1.807, 2.05) is 18.2 Å². The van der Waals surface area contributed by atoms with Gasteiger partial charge >= 0.3 is 0 Å². The Labute approximate surface area is 139 Å². The molecule has 1 amide bonds. The highest BCUT2D eigenvalue weighted by Crippen LogP contribution is 2.66. The lowest BCUT2D eigenvalue weighted by atomic mass is 9.45. The Hall–Kier alpha value is -2.88. The molecule has 0 aromatic heterocycles. The Morgan fingerprint density at radius 3 is 2.17 bits per heavy atom. The number of carbonyl (C=O) groups is 1. The fraction of sp³-hybridized carbons (Fsp3) is 0.444. The molecular formula is C18H16N4O2. The van der Waals surface area contributed by atoms with Crippen LogP contribution in [0.25, 0.3) is 0 Å². The highest BCUT2D eigenvalue weighted by atomic mass is 16.3. The van der Waals surface area contributed by atoms with Crippen LogP contribution in [0.3, 0.4) is 0 Å². The van der Waals surface area contributed by atoms with Crippen LogP contribution in [0.4, 0.5) is 0 Å². The van der Waals surface area contributed by atoms with E-state index in [9.17, 15) is 25.7 Å². The maximum absolute atomic E-state index is 12.7. The van der Waals surface area contributed by atoms with E-state index < -0.39 is 40.2 Å². The number of carbonyl (C=O) groups excluding carboxylic acids is 1. The van der Waals surface area contributed by atoms with Crippen molar-refractivity contribution in [2.45, 2.75) is 25.5 Å². The van der Waals surface area contributed by atoms with E-state index in [0.29, 0.717) is 5.56 Å². The summed E-state index contributed by atoms with van der Waals surface area (Å²) in [5.74, 6) is -3.05. The Morgan fingerprint density at radius 2 is 1.67 bits per heavy atom. The van der Waals surface area contributed by atoms with Gasteiger partial charge in [0.15, 0.2) is 10.8 Å². The molecule has 1 saturated carbocycles. The molecule has 3 rings (SSSR count). The van der Waals surface area contributed by atoms with E-state index in [1.165, 1.54) is 0 Å². The molecule has 2 bridgehead atoms. The van der Waals surface area contributed by atoms with Crippen LogP contribution in [0.2, 0.25) is 0 Å². The average molecular weight is 320 g/mol. The summed E-state index contributed by atoms with van der Waals surface area (Å²) in [7, 11) is 0. The van der Waals surface area contributed by atoms with Crippen molar-refractivity contribution < 1.29 is 9.90 Å². The van der Waals surface area contributed by atoms with Gasteiger partial charge in [-0.1, -0.05) is 44.2 Å². The first kappa shape index (κ1) is 16.0. The van der Waals surface area contributed by atoms with Crippen LogP contribution in [-0.2, 0) is 4.79 Å². The fourth-order valence-corrected chi connectivity index (χ4v) is 4.59. The van der Waals surface area contributed by atoms with Crippen LogP contribution >= 0.6 is 0 Å². The third-order valence-electron chi connectivity index (χ3n) is 5.95. The summed E-state index contributed by atoms with van der Waals surface area (Å²) in [5, 5.41) is 43.3. The molecule has 2 aliphatic rings. The van der Waals surface area contributed by atoms with Crippen LogP contribution in [-0.4, -0.2) is 16.7 Å². The van der Waals surface area contributed by atoms with E-state index in [-0.39, 0.29) is 0 Å². The highest BCUT2D eigenvalue weighted by molar-refractivity contribution is 5.92. The molecule has 6 heteroatoms. The van der Waals surface area contributed by atoms with Crippen molar-refractivity contribution in [3.63, 3.8) is 0 Å². The first-order valence-electron chi connectivity index (χ1n) is 7.69. The first-order valence-corrected chi connectivity index (χ1v) is 7.69. The van der Waals surface area contributed by atoms with Gasteiger partial charge in [-0.3, -0.25) is 4.79 Å². The zero-order chi connectivity index (χ0) is 17.8. The minimum Gasteiger partial charge on any atom is -0.370 e. The van der Waals surface area contributed by atoms with Crippen molar-refractivity contribution >= 4 is 5.91 Å². The number of rotatable bonds is 1. The third-order valence-corrected chi connectivity index (χ3v) is 5.95. The lowest BCUT2D eigenvalue weighted by molar-refractivity contribution is -0.135. The molecule has 1 aliphatic heterocycles. The number of fused-ring (bicyclic) bond motifs is 2. The largest absolute Gasteiger partial charge is 0.370 e. The van der Waals surface area contributed by atoms with Crippen LogP contribution in [0.15, 0.2) is 30.3 Å². The molecule has 0 spiro atoms. The maximum Gasteiger partial charge on any atom is 0.245 e. The average Bonchev–Trinajstić information content (AvgIpc) is 2.77. The predicted molar refractivity (Wildman–Crippen MR) is 82.3 cm³/mol.